The Bertz CT molecular complexity index is 686. The molecular formula is C17H23N7O. The van der Waals surface area contributed by atoms with Gasteiger partial charge in [0, 0.05) is 64.9 Å². The molecule has 1 aliphatic heterocycles. The van der Waals surface area contributed by atoms with Gasteiger partial charge in [0.2, 0.25) is 5.95 Å². The first-order valence-electron chi connectivity index (χ1n) is 8.43. The second kappa shape index (κ2) is 8.39. The molecule has 8 heteroatoms. The molecule has 0 unspecified atom stereocenters. The van der Waals surface area contributed by atoms with E-state index in [1.54, 1.807) is 37.8 Å². The minimum Gasteiger partial charge on any atom is -0.368 e. The number of nitrogens with zero attached hydrogens (tertiary/aromatic N) is 5. The molecule has 0 aliphatic carbocycles. The van der Waals surface area contributed by atoms with Crippen LogP contribution < -0.4 is 15.5 Å². The van der Waals surface area contributed by atoms with Gasteiger partial charge >= 0.3 is 0 Å². The Morgan fingerprint density at radius 2 is 1.80 bits per heavy atom. The van der Waals surface area contributed by atoms with E-state index in [1.807, 2.05) is 6.07 Å². The lowest BCUT2D eigenvalue weighted by molar-refractivity contribution is 0.0963. The molecule has 25 heavy (non-hydrogen) atoms. The molecule has 1 amide bonds. The first kappa shape index (κ1) is 17.1. The van der Waals surface area contributed by atoms with Crippen molar-refractivity contribution in [3.63, 3.8) is 0 Å². The van der Waals surface area contributed by atoms with Crippen LogP contribution in [-0.2, 0) is 0 Å². The minimum absolute atomic E-state index is 0.132. The van der Waals surface area contributed by atoms with E-state index in [0.29, 0.717) is 11.4 Å². The number of rotatable bonds is 6. The number of carbonyl (C=O) groups excluding carboxylic acids is 1. The second-order valence-electron chi connectivity index (χ2n) is 5.78. The fraction of sp³-hybridized carbons (Fsp3) is 0.412. The van der Waals surface area contributed by atoms with Crippen molar-refractivity contribution in [3.05, 3.63) is 42.4 Å². The number of pyridine rings is 1. The van der Waals surface area contributed by atoms with Crippen LogP contribution in [0.2, 0.25) is 0 Å². The summed E-state index contributed by atoms with van der Waals surface area (Å²) in [7, 11) is 1.62. The van der Waals surface area contributed by atoms with Crippen molar-refractivity contribution in [2.45, 2.75) is 0 Å². The molecule has 132 valence electrons. The van der Waals surface area contributed by atoms with Crippen molar-refractivity contribution in [2.75, 3.05) is 56.5 Å². The quantitative estimate of drug-likeness (QED) is 0.789. The fourth-order valence-corrected chi connectivity index (χ4v) is 2.82. The van der Waals surface area contributed by atoms with Crippen LogP contribution in [0.15, 0.2) is 36.8 Å². The number of hydrogen-bond acceptors (Lipinski definition) is 7. The standard InChI is InChI=1S/C17H23N7O/c1-18-16(25)14-4-2-5-19-15(14)20-8-9-23-10-12-24(13-11-23)17-21-6-3-7-22-17/h2-7H,8-13H2,1H3,(H,18,25)(H,19,20). The Morgan fingerprint density at radius 3 is 2.52 bits per heavy atom. The van der Waals surface area contributed by atoms with Gasteiger partial charge in [-0.3, -0.25) is 9.69 Å². The van der Waals surface area contributed by atoms with E-state index in [9.17, 15) is 4.79 Å². The summed E-state index contributed by atoms with van der Waals surface area (Å²) in [6.45, 7) is 5.39. The van der Waals surface area contributed by atoms with Crippen LogP contribution in [0.5, 0.6) is 0 Å². The molecule has 0 saturated carbocycles. The number of amides is 1. The lowest BCUT2D eigenvalue weighted by Crippen LogP contribution is -2.48. The Hall–Kier alpha value is -2.74. The third-order valence-electron chi connectivity index (χ3n) is 4.21. The maximum atomic E-state index is 11.9. The molecule has 3 heterocycles. The van der Waals surface area contributed by atoms with Gasteiger partial charge in [-0.05, 0) is 18.2 Å². The van der Waals surface area contributed by atoms with E-state index in [2.05, 4.69) is 35.4 Å². The highest BCUT2D eigenvalue weighted by Gasteiger charge is 2.18. The second-order valence-corrected chi connectivity index (χ2v) is 5.78. The maximum Gasteiger partial charge on any atom is 0.254 e. The zero-order valence-electron chi connectivity index (χ0n) is 14.4. The summed E-state index contributed by atoms with van der Waals surface area (Å²) in [6.07, 6.45) is 5.23. The largest absolute Gasteiger partial charge is 0.368 e. The van der Waals surface area contributed by atoms with Crippen molar-refractivity contribution >= 4 is 17.7 Å². The van der Waals surface area contributed by atoms with Gasteiger partial charge in [-0.15, -0.1) is 0 Å². The van der Waals surface area contributed by atoms with Crippen molar-refractivity contribution in [1.82, 2.24) is 25.2 Å². The van der Waals surface area contributed by atoms with Crippen molar-refractivity contribution in [1.29, 1.82) is 0 Å². The number of piperazine rings is 1. The molecule has 2 aromatic rings. The van der Waals surface area contributed by atoms with E-state index < -0.39 is 0 Å². The molecule has 0 bridgehead atoms. The zero-order chi connectivity index (χ0) is 17.5. The molecule has 2 aromatic heterocycles. The van der Waals surface area contributed by atoms with E-state index >= 15 is 0 Å². The van der Waals surface area contributed by atoms with Crippen molar-refractivity contribution in [2.24, 2.45) is 0 Å². The SMILES string of the molecule is CNC(=O)c1cccnc1NCCN1CCN(c2ncccn2)CC1. The summed E-state index contributed by atoms with van der Waals surface area (Å²) in [4.78, 5) is 29.3. The van der Waals surface area contributed by atoms with Crippen LogP contribution in [0.3, 0.4) is 0 Å². The molecule has 0 aromatic carbocycles. The van der Waals surface area contributed by atoms with Crippen LogP contribution in [0, 0.1) is 0 Å². The highest BCUT2D eigenvalue weighted by atomic mass is 16.1. The fourth-order valence-electron chi connectivity index (χ4n) is 2.82. The van der Waals surface area contributed by atoms with Gasteiger partial charge in [-0.1, -0.05) is 0 Å². The molecule has 2 N–H and O–H groups in total. The molecule has 1 fully saturated rings. The zero-order valence-corrected chi connectivity index (χ0v) is 14.4. The van der Waals surface area contributed by atoms with Gasteiger partial charge in [0.15, 0.2) is 0 Å². The predicted octanol–water partition coefficient (Wildman–Crippen LogP) is 0.465. The third-order valence-corrected chi connectivity index (χ3v) is 4.21. The van der Waals surface area contributed by atoms with Gasteiger partial charge in [-0.2, -0.15) is 0 Å². The average Bonchev–Trinajstić information content (AvgIpc) is 2.69. The normalized spacial score (nSPS) is 15.0. The van der Waals surface area contributed by atoms with E-state index in [1.165, 1.54) is 0 Å². The van der Waals surface area contributed by atoms with Crippen LogP contribution >= 0.6 is 0 Å². The molecule has 0 atom stereocenters. The molecule has 0 spiro atoms. The molecule has 1 aliphatic rings. The summed E-state index contributed by atoms with van der Waals surface area (Å²) < 4.78 is 0. The lowest BCUT2D eigenvalue weighted by atomic mass is 10.2. The summed E-state index contributed by atoms with van der Waals surface area (Å²) >= 11 is 0. The van der Waals surface area contributed by atoms with Crippen LogP contribution in [-0.4, -0.2) is 72.1 Å². The van der Waals surface area contributed by atoms with E-state index in [-0.39, 0.29) is 5.91 Å². The molecule has 1 saturated heterocycles. The first-order valence-corrected chi connectivity index (χ1v) is 8.43. The van der Waals surface area contributed by atoms with Gasteiger partial charge < -0.3 is 15.5 Å². The Kier molecular flexibility index (Phi) is 5.73. The highest BCUT2D eigenvalue weighted by Crippen LogP contribution is 2.12. The molecule has 8 nitrogen and oxygen atoms in total. The number of anilines is 2. The van der Waals surface area contributed by atoms with E-state index in [0.717, 1.165) is 45.2 Å². The smallest absolute Gasteiger partial charge is 0.254 e. The summed E-state index contributed by atoms with van der Waals surface area (Å²) in [5.74, 6) is 1.29. The van der Waals surface area contributed by atoms with Crippen LogP contribution in [0.4, 0.5) is 11.8 Å². The lowest BCUT2D eigenvalue weighted by Gasteiger charge is -2.34. The Balaban J connectivity index is 1.46. The topological polar surface area (TPSA) is 86.3 Å². The Morgan fingerprint density at radius 1 is 1.08 bits per heavy atom. The number of aromatic nitrogens is 3. The van der Waals surface area contributed by atoms with Gasteiger partial charge in [-0.25, -0.2) is 15.0 Å². The minimum atomic E-state index is -0.132. The highest BCUT2D eigenvalue weighted by molar-refractivity contribution is 5.98. The number of nitrogens with one attached hydrogen (secondary N) is 2. The number of carbonyl (C=O) groups is 1. The predicted molar refractivity (Wildman–Crippen MR) is 96.8 cm³/mol. The average molecular weight is 341 g/mol. The van der Waals surface area contributed by atoms with E-state index in [4.69, 9.17) is 0 Å². The van der Waals surface area contributed by atoms with Crippen LogP contribution in [0.1, 0.15) is 10.4 Å². The van der Waals surface area contributed by atoms with Crippen molar-refractivity contribution in [3.8, 4) is 0 Å². The summed E-state index contributed by atoms with van der Waals surface area (Å²) in [5.41, 5.74) is 0.566. The summed E-state index contributed by atoms with van der Waals surface area (Å²) in [5, 5.41) is 5.90. The molecule has 3 rings (SSSR count). The van der Waals surface area contributed by atoms with Gasteiger partial charge in [0.05, 0.1) is 5.56 Å². The van der Waals surface area contributed by atoms with Gasteiger partial charge in [0.1, 0.15) is 5.82 Å². The van der Waals surface area contributed by atoms with Crippen LogP contribution in [0.25, 0.3) is 0 Å². The number of hydrogen-bond donors (Lipinski definition) is 2. The molecule has 0 radical (unpaired) electrons. The maximum absolute atomic E-state index is 11.9. The summed E-state index contributed by atoms with van der Waals surface area (Å²) in [6, 6.07) is 5.36. The molecular weight excluding hydrogens is 318 g/mol. The Labute approximate surface area is 147 Å². The first-order chi connectivity index (χ1) is 12.3. The monoisotopic (exact) mass is 341 g/mol. The van der Waals surface area contributed by atoms with Crippen molar-refractivity contribution < 1.29 is 4.79 Å². The third kappa shape index (κ3) is 4.42. The van der Waals surface area contributed by atoms with Gasteiger partial charge in [0.25, 0.3) is 5.91 Å².